The summed E-state index contributed by atoms with van der Waals surface area (Å²) >= 11 is 0. The molecule has 0 atom stereocenters. The summed E-state index contributed by atoms with van der Waals surface area (Å²) in [6, 6.07) is 13.9. The van der Waals surface area contributed by atoms with Gasteiger partial charge >= 0.3 is 0 Å². The SMILES string of the molecule is Cc1ccc2nc(Cc3ccc(NC(=O)c4noc(C)c4CN(C)C)cc3)[nH]c2c1. The monoisotopic (exact) mass is 403 g/mol. The Morgan fingerprint density at radius 1 is 1.13 bits per heavy atom. The van der Waals surface area contributed by atoms with E-state index in [2.05, 4.69) is 39.5 Å². The van der Waals surface area contributed by atoms with Crippen molar-refractivity contribution in [2.45, 2.75) is 26.8 Å². The maximum Gasteiger partial charge on any atom is 0.278 e. The van der Waals surface area contributed by atoms with Gasteiger partial charge in [0, 0.05) is 24.2 Å². The molecule has 154 valence electrons. The van der Waals surface area contributed by atoms with E-state index in [4.69, 9.17) is 4.52 Å². The molecule has 30 heavy (non-hydrogen) atoms. The third-order valence-electron chi connectivity index (χ3n) is 4.94. The van der Waals surface area contributed by atoms with E-state index < -0.39 is 0 Å². The van der Waals surface area contributed by atoms with E-state index >= 15 is 0 Å². The number of anilines is 1. The highest BCUT2D eigenvalue weighted by Crippen LogP contribution is 2.19. The smallest absolute Gasteiger partial charge is 0.278 e. The molecule has 1 amide bonds. The molecule has 0 aliphatic carbocycles. The Labute approximate surface area is 175 Å². The molecular formula is C23H25N5O2. The first-order valence-electron chi connectivity index (χ1n) is 9.84. The minimum Gasteiger partial charge on any atom is -0.361 e. The Balaban J connectivity index is 1.45. The van der Waals surface area contributed by atoms with Crippen LogP contribution >= 0.6 is 0 Å². The molecule has 4 rings (SSSR count). The quantitative estimate of drug-likeness (QED) is 0.507. The number of H-pyrrole nitrogens is 1. The number of carbonyl (C=O) groups is 1. The predicted molar refractivity (Wildman–Crippen MR) is 117 cm³/mol. The van der Waals surface area contributed by atoms with Gasteiger partial charge in [-0.1, -0.05) is 23.4 Å². The Morgan fingerprint density at radius 3 is 2.63 bits per heavy atom. The van der Waals surface area contributed by atoms with E-state index in [-0.39, 0.29) is 5.91 Å². The molecule has 0 saturated heterocycles. The molecule has 4 aromatic rings. The molecule has 0 aliphatic rings. The van der Waals surface area contributed by atoms with Crippen LogP contribution < -0.4 is 5.32 Å². The van der Waals surface area contributed by atoms with E-state index in [0.29, 0.717) is 30.1 Å². The molecule has 0 radical (unpaired) electrons. The van der Waals surface area contributed by atoms with Gasteiger partial charge < -0.3 is 19.7 Å². The average Bonchev–Trinajstić information content (AvgIpc) is 3.25. The molecule has 2 heterocycles. The van der Waals surface area contributed by atoms with Gasteiger partial charge in [0.2, 0.25) is 0 Å². The zero-order chi connectivity index (χ0) is 21.3. The fourth-order valence-corrected chi connectivity index (χ4v) is 3.42. The highest BCUT2D eigenvalue weighted by atomic mass is 16.5. The van der Waals surface area contributed by atoms with Gasteiger partial charge in [-0.3, -0.25) is 4.79 Å². The summed E-state index contributed by atoms with van der Waals surface area (Å²) in [6.45, 7) is 4.47. The van der Waals surface area contributed by atoms with Crippen LogP contribution in [-0.4, -0.2) is 40.0 Å². The van der Waals surface area contributed by atoms with Crippen molar-refractivity contribution < 1.29 is 9.32 Å². The fourth-order valence-electron chi connectivity index (χ4n) is 3.42. The normalized spacial score (nSPS) is 11.4. The van der Waals surface area contributed by atoms with Crippen LogP contribution in [0.2, 0.25) is 0 Å². The van der Waals surface area contributed by atoms with Crippen LogP contribution in [0.4, 0.5) is 5.69 Å². The van der Waals surface area contributed by atoms with Crippen LogP contribution in [0.25, 0.3) is 11.0 Å². The van der Waals surface area contributed by atoms with Crippen LogP contribution in [0.15, 0.2) is 47.0 Å². The van der Waals surface area contributed by atoms with Gasteiger partial charge in [-0.2, -0.15) is 0 Å². The Kier molecular flexibility index (Phi) is 5.37. The number of carbonyl (C=O) groups excluding carboxylic acids is 1. The predicted octanol–water partition coefficient (Wildman–Crippen LogP) is 4.07. The van der Waals surface area contributed by atoms with Crippen molar-refractivity contribution in [3.63, 3.8) is 0 Å². The number of hydrogen-bond acceptors (Lipinski definition) is 5. The standard InChI is InChI=1S/C23H25N5O2/c1-14-5-10-19-20(11-14)26-21(25-19)12-16-6-8-17(9-7-16)24-23(29)22-18(13-28(3)4)15(2)30-27-22/h5-11H,12-13H2,1-4H3,(H,24,29)(H,25,26). The van der Waals surface area contributed by atoms with Gasteiger partial charge in [0.1, 0.15) is 11.6 Å². The van der Waals surface area contributed by atoms with Gasteiger partial charge in [0.25, 0.3) is 5.91 Å². The minimum absolute atomic E-state index is 0.274. The van der Waals surface area contributed by atoms with E-state index in [1.54, 1.807) is 0 Å². The molecule has 2 N–H and O–H groups in total. The first kappa shape index (κ1) is 19.8. The zero-order valence-corrected chi connectivity index (χ0v) is 17.6. The van der Waals surface area contributed by atoms with Crippen molar-refractivity contribution in [1.82, 2.24) is 20.0 Å². The van der Waals surface area contributed by atoms with Gasteiger partial charge in [-0.05, 0) is 63.3 Å². The van der Waals surface area contributed by atoms with Gasteiger partial charge in [-0.25, -0.2) is 4.98 Å². The molecule has 0 saturated carbocycles. The average molecular weight is 403 g/mol. The highest BCUT2D eigenvalue weighted by Gasteiger charge is 2.20. The summed E-state index contributed by atoms with van der Waals surface area (Å²) in [5.74, 6) is 1.30. The lowest BCUT2D eigenvalue weighted by molar-refractivity contribution is 0.101. The number of aromatic amines is 1. The number of aryl methyl sites for hydroxylation is 2. The second kappa shape index (κ2) is 8.12. The lowest BCUT2D eigenvalue weighted by Crippen LogP contribution is -2.18. The summed E-state index contributed by atoms with van der Waals surface area (Å²) in [7, 11) is 3.88. The van der Waals surface area contributed by atoms with Crippen LogP contribution in [0, 0.1) is 13.8 Å². The number of nitrogens with zero attached hydrogens (tertiary/aromatic N) is 3. The Morgan fingerprint density at radius 2 is 1.90 bits per heavy atom. The number of imidazole rings is 1. The molecule has 7 nitrogen and oxygen atoms in total. The number of nitrogens with one attached hydrogen (secondary N) is 2. The van der Waals surface area contributed by atoms with Crippen LogP contribution in [0.1, 0.15) is 38.8 Å². The van der Waals surface area contributed by atoms with E-state index in [9.17, 15) is 4.79 Å². The van der Waals surface area contributed by atoms with Crippen LogP contribution in [0.5, 0.6) is 0 Å². The van der Waals surface area contributed by atoms with Crippen LogP contribution in [-0.2, 0) is 13.0 Å². The van der Waals surface area contributed by atoms with Gasteiger partial charge in [-0.15, -0.1) is 0 Å². The maximum atomic E-state index is 12.7. The van der Waals surface area contributed by atoms with Crippen molar-refractivity contribution in [1.29, 1.82) is 0 Å². The van der Waals surface area contributed by atoms with Crippen molar-refractivity contribution in [3.05, 3.63) is 76.4 Å². The molecule has 2 aromatic heterocycles. The Bertz CT molecular complexity index is 1190. The third kappa shape index (κ3) is 4.26. The summed E-state index contributed by atoms with van der Waals surface area (Å²) in [4.78, 5) is 22.7. The molecular weight excluding hydrogens is 378 g/mol. The van der Waals surface area contributed by atoms with E-state index in [1.165, 1.54) is 5.56 Å². The number of fused-ring (bicyclic) bond motifs is 1. The number of aromatic nitrogens is 3. The molecule has 7 heteroatoms. The summed E-state index contributed by atoms with van der Waals surface area (Å²) in [5.41, 5.74) is 6.15. The highest BCUT2D eigenvalue weighted by molar-refractivity contribution is 6.03. The van der Waals surface area contributed by atoms with Gasteiger partial charge in [0.05, 0.1) is 11.0 Å². The molecule has 0 spiro atoms. The van der Waals surface area contributed by atoms with E-state index in [1.807, 2.05) is 56.3 Å². The van der Waals surface area contributed by atoms with Crippen molar-refractivity contribution in [3.8, 4) is 0 Å². The molecule has 0 unspecified atom stereocenters. The van der Waals surface area contributed by atoms with Crippen molar-refractivity contribution >= 4 is 22.6 Å². The minimum atomic E-state index is -0.274. The number of amides is 1. The largest absolute Gasteiger partial charge is 0.361 e. The third-order valence-corrected chi connectivity index (χ3v) is 4.94. The molecule has 0 bridgehead atoms. The molecule has 0 aliphatic heterocycles. The second-order valence-corrected chi connectivity index (χ2v) is 7.84. The number of hydrogen-bond donors (Lipinski definition) is 2. The number of rotatable bonds is 6. The fraction of sp³-hybridized carbons (Fsp3) is 0.261. The summed E-state index contributed by atoms with van der Waals surface area (Å²) in [5, 5.41) is 6.84. The summed E-state index contributed by atoms with van der Waals surface area (Å²) < 4.78 is 5.23. The van der Waals surface area contributed by atoms with Gasteiger partial charge in [0.15, 0.2) is 5.69 Å². The van der Waals surface area contributed by atoms with Crippen LogP contribution in [0.3, 0.4) is 0 Å². The second-order valence-electron chi connectivity index (χ2n) is 7.84. The maximum absolute atomic E-state index is 12.7. The first-order chi connectivity index (χ1) is 14.4. The summed E-state index contributed by atoms with van der Waals surface area (Å²) in [6.07, 6.45) is 0.692. The van der Waals surface area contributed by atoms with Crippen molar-refractivity contribution in [2.24, 2.45) is 0 Å². The van der Waals surface area contributed by atoms with E-state index in [0.717, 1.165) is 28.0 Å². The lowest BCUT2D eigenvalue weighted by atomic mass is 10.1. The topological polar surface area (TPSA) is 87.1 Å². The van der Waals surface area contributed by atoms with Crippen molar-refractivity contribution in [2.75, 3.05) is 19.4 Å². The number of benzene rings is 2. The Hall–Kier alpha value is -3.45. The first-order valence-corrected chi connectivity index (χ1v) is 9.84. The molecule has 0 fully saturated rings. The molecule has 2 aromatic carbocycles. The zero-order valence-electron chi connectivity index (χ0n) is 17.6. The lowest BCUT2D eigenvalue weighted by Gasteiger charge is -2.10.